The monoisotopic (exact) mass is 201 g/mol. The summed E-state index contributed by atoms with van der Waals surface area (Å²) in [6.07, 6.45) is 3.20. The molecule has 0 saturated heterocycles. The smallest absolute Gasteiger partial charge is 0.0669 e. The van der Waals surface area contributed by atoms with Crippen molar-refractivity contribution in [2.24, 2.45) is 5.92 Å². The van der Waals surface area contributed by atoms with Crippen LogP contribution in [0.2, 0.25) is 0 Å². The predicted molar refractivity (Wildman–Crippen MR) is 62.5 cm³/mol. The fraction of sp³-hybridized carbons (Fsp3) is 1.00. The van der Waals surface area contributed by atoms with Gasteiger partial charge in [-0.05, 0) is 25.4 Å². The summed E-state index contributed by atoms with van der Waals surface area (Å²) in [6, 6.07) is 0. The van der Waals surface area contributed by atoms with Crippen LogP contribution in [0.15, 0.2) is 0 Å². The van der Waals surface area contributed by atoms with Crippen molar-refractivity contribution in [3.05, 3.63) is 0 Å². The van der Waals surface area contributed by atoms with Crippen LogP contribution in [0.25, 0.3) is 0 Å². The fourth-order valence-electron chi connectivity index (χ4n) is 1.86. The molecule has 0 rings (SSSR count). The molecular weight excluding hydrogens is 174 g/mol. The Hall–Kier alpha value is -0.0800. The molecule has 0 heterocycles. The lowest BCUT2D eigenvalue weighted by Gasteiger charge is -2.24. The number of hydrogen-bond acceptors (Lipinski definition) is 2. The quantitative estimate of drug-likeness (QED) is 0.652. The Labute approximate surface area is 89.3 Å². The molecule has 2 nitrogen and oxygen atoms in total. The van der Waals surface area contributed by atoms with E-state index in [9.17, 15) is 5.11 Å². The van der Waals surface area contributed by atoms with Gasteiger partial charge in [-0.1, -0.05) is 40.5 Å². The molecule has 0 saturated carbocycles. The van der Waals surface area contributed by atoms with Crippen molar-refractivity contribution in [2.75, 3.05) is 19.6 Å². The van der Waals surface area contributed by atoms with Gasteiger partial charge in [0.05, 0.1) is 6.10 Å². The van der Waals surface area contributed by atoms with Gasteiger partial charge in [0.2, 0.25) is 0 Å². The summed E-state index contributed by atoms with van der Waals surface area (Å²) in [4.78, 5) is 2.28. The molecule has 0 radical (unpaired) electrons. The van der Waals surface area contributed by atoms with Gasteiger partial charge in [-0.25, -0.2) is 0 Å². The molecule has 1 atom stereocenters. The molecule has 0 aromatic rings. The topological polar surface area (TPSA) is 23.5 Å². The average molecular weight is 201 g/mol. The summed E-state index contributed by atoms with van der Waals surface area (Å²) in [5.41, 5.74) is 0. The van der Waals surface area contributed by atoms with Crippen LogP contribution in [0, 0.1) is 5.92 Å². The molecule has 14 heavy (non-hydrogen) atoms. The minimum atomic E-state index is -0.139. The van der Waals surface area contributed by atoms with Gasteiger partial charge in [0.15, 0.2) is 0 Å². The highest BCUT2D eigenvalue weighted by Crippen LogP contribution is 2.15. The van der Waals surface area contributed by atoms with E-state index in [1.807, 2.05) is 0 Å². The maximum absolute atomic E-state index is 9.87. The lowest BCUT2D eigenvalue weighted by molar-refractivity contribution is 0.0934. The number of likely N-dealkylation sites (N-methyl/N-ethyl adjacent to an activating group) is 1. The predicted octanol–water partition coefficient (Wildman–Crippen LogP) is 2.52. The van der Waals surface area contributed by atoms with E-state index < -0.39 is 0 Å². The first-order valence-corrected chi connectivity index (χ1v) is 6.08. The Bertz CT molecular complexity index is 105. The van der Waals surface area contributed by atoms with E-state index in [-0.39, 0.29) is 6.10 Å². The van der Waals surface area contributed by atoms with Crippen LogP contribution in [-0.2, 0) is 0 Å². The van der Waals surface area contributed by atoms with Crippen molar-refractivity contribution in [2.45, 2.75) is 53.1 Å². The third-order valence-corrected chi connectivity index (χ3v) is 3.12. The van der Waals surface area contributed by atoms with Crippen LogP contribution in [0.5, 0.6) is 0 Å². The molecule has 0 bridgehead atoms. The van der Waals surface area contributed by atoms with Gasteiger partial charge in [-0.3, -0.25) is 0 Å². The Morgan fingerprint density at radius 2 is 1.50 bits per heavy atom. The van der Waals surface area contributed by atoms with Gasteiger partial charge in [-0.2, -0.15) is 0 Å². The zero-order valence-corrected chi connectivity index (χ0v) is 10.3. The standard InChI is InChI=1S/C12H27NO/c1-5-11(6-2)9-12(14)10-13(7-3)8-4/h11-12,14H,5-10H2,1-4H3. The van der Waals surface area contributed by atoms with E-state index in [0.717, 1.165) is 26.1 Å². The fourth-order valence-corrected chi connectivity index (χ4v) is 1.86. The van der Waals surface area contributed by atoms with Gasteiger partial charge in [0, 0.05) is 6.54 Å². The van der Waals surface area contributed by atoms with Crippen LogP contribution in [0.3, 0.4) is 0 Å². The van der Waals surface area contributed by atoms with Crippen LogP contribution in [0.4, 0.5) is 0 Å². The van der Waals surface area contributed by atoms with Gasteiger partial charge in [0.25, 0.3) is 0 Å². The van der Waals surface area contributed by atoms with Crippen LogP contribution >= 0.6 is 0 Å². The minimum absolute atomic E-state index is 0.139. The maximum atomic E-state index is 9.87. The zero-order chi connectivity index (χ0) is 11.0. The summed E-state index contributed by atoms with van der Waals surface area (Å²) in [6.45, 7) is 11.6. The molecular formula is C12H27NO. The Morgan fingerprint density at radius 3 is 1.86 bits per heavy atom. The SMILES string of the molecule is CCC(CC)CC(O)CN(CC)CC. The Balaban J connectivity index is 3.77. The third kappa shape index (κ3) is 5.61. The molecule has 0 aromatic heterocycles. The second kappa shape index (κ2) is 8.25. The van der Waals surface area contributed by atoms with Crippen LogP contribution < -0.4 is 0 Å². The molecule has 0 aliphatic rings. The lowest BCUT2D eigenvalue weighted by Crippen LogP contribution is -2.33. The van der Waals surface area contributed by atoms with E-state index in [1.165, 1.54) is 12.8 Å². The summed E-state index contributed by atoms with van der Waals surface area (Å²) >= 11 is 0. The van der Waals surface area contributed by atoms with Crippen LogP contribution in [-0.4, -0.2) is 35.7 Å². The number of rotatable bonds is 8. The van der Waals surface area contributed by atoms with Gasteiger partial charge in [0.1, 0.15) is 0 Å². The maximum Gasteiger partial charge on any atom is 0.0669 e. The van der Waals surface area contributed by atoms with E-state index in [1.54, 1.807) is 0 Å². The summed E-state index contributed by atoms with van der Waals surface area (Å²) in [5, 5.41) is 9.87. The zero-order valence-electron chi connectivity index (χ0n) is 10.3. The first-order chi connectivity index (χ1) is 6.67. The van der Waals surface area contributed by atoms with Crippen molar-refractivity contribution in [3.8, 4) is 0 Å². The van der Waals surface area contributed by atoms with Gasteiger partial charge < -0.3 is 10.0 Å². The van der Waals surface area contributed by atoms with E-state index in [4.69, 9.17) is 0 Å². The van der Waals surface area contributed by atoms with E-state index in [0.29, 0.717) is 5.92 Å². The molecule has 1 N–H and O–H groups in total. The first kappa shape index (κ1) is 13.9. The van der Waals surface area contributed by atoms with Crippen molar-refractivity contribution < 1.29 is 5.11 Å². The Kier molecular flexibility index (Phi) is 8.20. The number of nitrogens with zero attached hydrogens (tertiary/aromatic N) is 1. The molecule has 0 spiro atoms. The third-order valence-electron chi connectivity index (χ3n) is 3.12. The lowest BCUT2D eigenvalue weighted by atomic mass is 9.96. The summed E-state index contributed by atoms with van der Waals surface area (Å²) < 4.78 is 0. The van der Waals surface area contributed by atoms with Gasteiger partial charge >= 0.3 is 0 Å². The first-order valence-electron chi connectivity index (χ1n) is 6.08. The van der Waals surface area contributed by atoms with Crippen molar-refractivity contribution in [1.29, 1.82) is 0 Å². The summed E-state index contributed by atoms with van der Waals surface area (Å²) in [7, 11) is 0. The molecule has 0 fully saturated rings. The molecule has 0 amide bonds. The van der Waals surface area contributed by atoms with Crippen molar-refractivity contribution in [1.82, 2.24) is 4.90 Å². The van der Waals surface area contributed by atoms with Gasteiger partial charge in [-0.15, -0.1) is 0 Å². The number of aliphatic hydroxyl groups is 1. The van der Waals surface area contributed by atoms with Crippen molar-refractivity contribution >= 4 is 0 Å². The number of hydrogen-bond donors (Lipinski definition) is 1. The average Bonchev–Trinajstić information content (AvgIpc) is 2.22. The van der Waals surface area contributed by atoms with E-state index in [2.05, 4.69) is 32.6 Å². The molecule has 1 unspecified atom stereocenters. The normalized spacial score (nSPS) is 13.9. The highest BCUT2D eigenvalue weighted by molar-refractivity contribution is 4.67. The molecule has 2 heteroatoms. The molecule has 0 aromatic carbocycles. The second-order valence-electron chi connectivity index (χ2n) is 4.06. The molecule has 0 aliphatic heterocycles. The minimum Gasteiger partial charge on any atom is -0.392 e. The Morgan fingerprint density at radius 1 is 1.00 bits per heavy atom. The second-order valence-corrected chi connectivity index (χ2v) is 4.06. The molecule has 86 valence electrons. The number of aliphatic hydroxyl groups excluding tert-OH is 1. The highest BCUT2D eigenvalue weighted by atomic mass is 16.3. The highest BCUT2D eigenvalue weighted by Gasteiger charge is 2.13. The van der Waals surface area contributed by atoms with Crippen molar-refractivity contribution in [3.63, 3.8) is 0 Å². The van der Waals surface area contributed by atoms with E-state index >= 15 is 0 Å². The molecule has 0 aliphatic carbocycles. The largest absolute Gasteiger partial charge is 0.392 e. The van der Waals surface area contributed by atoms with Crippen LogP contribution in [0.1, 0.15) is 47.0 Å². The summed E-state index contributed by atoms with van der Waals surface area (Å²) in [5.74, 6) is 0.695.